The maximum atomic E-state index is 12.8. The highest BCUT2D eigenvalue weighted by Crippen LogP contribution is 2.31. The first-order valence-corrected chi connectivity index (χ1v) is 8.77. The van der Waals surface area contributed by atoms with Gasteiger partial charge >= 0.3 is 11.7 Å². The standard InChI is InChI=1S/C20H21N3O6/c1-23-16-8-11(4-7-14(16)22-20(23)27)19(26)21-15(10-18(24)25)13-6-5-12(28-2)9-17(13)29-3/h4-9,15H,10H2,1-3H3,(H,21,26)(H,22,27)(H,24,25). The van der Waals surface area contributed by atoms with Crippen LogP contribution >= 0.6 is 0 Å². The van der Waals surface area contributed by atoms with Gasteiger partial charge in [0.25, 0.3) is 5.91 Å². The molecule has 3 aromatic rings. The third-order valence-electron chi connectivity index (χ3n) is 4.67. The molecule has 9 heteroatoms. The number of hydrogen-bond donors (Lipinski definition) is 3. The number of nitrogens with one attached hydrogen (secondary N) is 2. The van der Waals surface area contributed by atoms with Crippen LogP contribution in [0, 0.1) is 0 Å². The molecule has 1 atom stereocenters. The topological polar surface area (TPSA) is 123 Å². The number of imidazole rings is 1. The van der Waals surface area contributed by atoms with Crippen LogP contribution in [0.1, 0.15) is 28.4 Å². The number of aliphatic carboxylic acids is 1. The van der Waals surface area contributed by atoms with E-state index >= 15 is 0 Å². The summed E-state index contributed by atoms with van der Waals surface area (Å²) in [5, 5.41) is 12.1. The number of rotatable bonds is 7. The second-order valence-electron chi connectivity index (χ2n) is 6.45. The number of aromatic amines is 1. The van der Waals surface area contributed by atoms with Crippen molar-refractivity contribution in [3.63, 3.8) is 0 Å². The van der Waals surface area contributed by atoms with E-state index in [2.05, 4.69) is 10.3 Å². The number of ether oxygens (including phenoxy) is 2. The van der Waals surface area contributed by atoms with Crippen molar-refractivity contribution in [3.05, 3.63) is 58.0 Å². The third-order valence-corrected chi connectivity index (χ3v) is 4.67. The number of amides is 1. The second kappa shape index (κ2) is 8.09. The smallest absolute Gasteiger partial charge is 0.326 e. The minimum Gasteiger partial charge on any atom is -0.497 e. The Balaban J connectivity index is 1.95. The van der Waals surface area contributed by atoms with Crippen molar-refractivity contribution in [1.29, 1.82) is 0 Å². The molecule has 0 fully saturated rings. The van der Waals surface area contributed by atoms with Crippen LogP contribution in [-0.4, -0.2) is 40.8 Å². The number of fused-ring (bicyclic) bond motifs is 1. The molecule has 1 amide bonds. The minimum absolute atomic E-state index is 0.288. The molecule has 9 nitrogen and oxygen atoms in total. The van der Waals surface area contributed by atoms with Gasteiger partial charge < -0.3 is 24.9 Å². The van der Waals surface area contributed by atoms with Gasteiger partial charge in [0.2, 0.25) is 0 Å². The molecule has 0 radical (unpaired) electrons. The summed E-state index contributed by atoms with van der Waals surface area (Å²) in [6, 6.07) is 8.89. The van der Waals surface area contributed by atoms with E-state index in [1.165, 1.54) is 18.8 Å². The van der Waals surface area contributed by atoms with Crippen LogP contribution in [0.2, 0.25) is 0 Å². The van der Waals surface area contributed by atoms with Gasteiger partial charge in [-0.3, -0.25) is 14.2 Å². The Hall–Kier alpha value is -3.75. The molecule has 3 N–H and O–H groups in total. The number of carboxylic acid groups (broad SMARTS) is 1. The Morgan fingerprint density at radius 2 is 1.93 bits per heavy atom. The maximum Gasteiger partial charge on any atom is 0.326 e. The Bertz CT molecular complexity index is 1130. The van der Waals surface area contributed by atoms with Crippen LogP contribution in [0.15, 0.2) is 41.2 Å². The number of aromatic nitrogens is 2. The fourth-order valence-electron chi connectivity index (χ4n) is 3.13. The predicted molar refractivity (Wildman–Crippen MR) is 106 cm³/mol. The fraction of sp³-hybridized carbons (Fsp3) is 0.250. The van der Waals surface area contributed by atoms with Crippen LogP contribution in [0.4, 0.5) is 0 Å². The number of carbonyl (C=O) groups is 2. The van der Waals surface area contributed by atoms with Gasteiger partial charge in [0.15, 0.2) is 0 Å². The molecule has 2 aromatic carbocycles. The average Bonchev–Trinajstić information content (AvgIpc) is 2.99. The largest absolute Gasteiger partial charge is 0.497 e. The summed E-state index contributed by atoms with van der Waals surface area (Å²) in [5.74, 6) is -0.592. The lowest BCUT2D eigenvalue weighted by molar-refractivity contribution is -0.137. The van der Waals surface area contributed by atoms with Gasteiger partial charge in [-0.25, -0.2) is 4.79 Å². The zero-order valence-electron chi connectivity index (χ0n) is 16.2. The highest BCUT2D eigenvalue weighted by Gasteiger charge is 2.23. The minimum atomic E-state index is -1.07. The summed E-state index contributed by atoms with van der Waals surface area (Å²) >= 11 is 0. The predicted octanol–water partition coefficient (Wildman–Crippen LogP) is 1.83. The Morgan fingerprint density at radius 1 is 1.17 bits per heavy atom. The summed E-state index contributed by atoms with van der Waals surface area (Å²) in [7, 11) is 4.56. The van der Waals surface area contributed by atoms with E-state index in [1.807, 2.05) is 0 Å². The quantitative estimate of drug-likeness (QED) is 0.557. The first kappa shape index (κ1) is 20.0. The monoisotopic (exact) mass is 399 g/mol. The van der Waals surface area contributed by atoms with Gasteiger partial charge in [-0.2, -0.15) is 0 Å². The highest BCUT2D eigenvalue weighted by molar-refractivity contribution is 5.97. The normalized spacial score (nSPS) is 11.8. The lowest BCUT2D eigenvalue weighted by Gasteiger charge is -2.20. The van der Waals surface area contributed by atoms with Crippen molar-refractivity contribution in [3.8, 4) is 11.5 Å². The highest BCUT2D eigenvalue weighted by atomic mass is 16.5. The molecular weight excluding hydrogens is 378 g/mol. The first-order valence-electron chi connectivity index (χ1n) is 8.77. The first-order chi connectivity index (χ1) is 13.8. The van der Waals surface area contributed by atoms with Crippen molar-refractivity contribution in [2.24, 2.45) is 7.05 Å². The van der Waals surface area contributed by atoms with Crippen LogP contribution in [0.25, 0.3) is 11.0 Å². The van der Waals surface area contributed by atoms with Gasteiger partial charge in [-0.15, -0.1) is 0 Å². The number of carbonyl (C=O) groups excluding carboxylic acids is 1. The van der Waals surface area contributed by atoms with Crippen molar-refractivity contribution in [1.82, 2.24) is 14.9 Å². The van der Waals surface area contributed by atoms with Crippen molar-refractivity contribution in [2.45, 2.75) is 12.5 Å². The van der Waals surface area contributed by atoms with Crippen LogP contribution < -0.4 is 20.5 Å². The molecule has 3 rings (SSSR count). The number of carboxylic acids is 1. The van der Waals surface area contributed by atoms with E-state index in [0.29, 0.717) is 33.7 Å². The molecule has 1 heterocycles. The average molecular weight is 399 g/mol. The summed E-state index contributed by atoms with van der Waals surface area (Å²) in [5.41, 5.74) is 1.70. The SMILES string of the molecule is COc1ccc(C(CC(=O)O)NC(=O)c2ccc3[nH]c(=O)n(C)c3c2)c(OC)c1. The van der Waals surface area contributed by atoms with E-state index in [4.69, 9.17) is 9.47 Å². The third kappa shape index (κ3) is 4.08. The van der Waals surface area contributed by atoms with Gasteiger partial charge in [-0.1, -0.05) is 0 Å². The Kier molecular flexibility index (Phi) is 5.58. The Labute approximate surface area is 165 Å². The van der Waals surface area contributed by atoms with E-state index in [0.717, 1.165) is 0 Å². The zero-order chi connectivity index (χ0) is 21.1. The van der Waals surface area contributed by atoms with Crippen LogP contribution in [0.3, 0.4) is 0 Å². The van der Waals surface area contributed by atoms with E-state index < -0.39 is 17.9 Å². The zero-order valence-corrected chi connectivity index (χ0v) is 16.2. The maximum absolute atomic E-state index is 12.8. The number of methoxy groups -OCH3 is 2. The molecule has 1 aromatic heterocycles. The molecule has 0 spiro atoms. The fourth-order valence-corrected chi connectivity index (χ4v) is 3.13. The summed E-state index contributed by atoms with van der Waals surface area (Å²) < 4.78 is 11.9. The molecular formula is C20H21N3O6. The summed E-state index contributed by atoms with van der Waals surface area (Å²) in [6.07, 6.45) is -0.334. The summed E-state index contributed by atoms with van der Waals surface area (Å²) in [6.45, 7) is 0. The number of nitrogens with zero attached hydrogens (tertiary/aromatic N) is 1. The van der Waals surface area contributed by atoms with Gasteiger partial charge in [-0.05, 0) is 30.3 Å². The van der Waals surface area contributed by atoms with Gasteiger partial charge in [0, 0.05) is 24.2 Å². The number of benzene rings is 2. The molecule has 0 bridgehead atoms. The van der Waals surface area contributed by atoms with Gasteiger partial charge in [0.05, 0.1) is 37.7 Å². The number of hydrogen-bond acceptors (Lipinski definition) is 5. The molecule has 0 saturated carbocycles. The number of H-pyrrole nitrogens is 1. The molecule has 0 aliphatic heterocycles. The van der Waals surface area contributed by atoms with Crippen molar-refractivity contribution < 1.29 is 24.2 Å². The molecule has 0 aliphatic carbocycles. The second-order valence-corrected chi connectivity index (χ2v) is 6.45. The Morgan fingerprint density at radius 3 is 2.59 bits per heavy atom. The van der Waals surface area contributed by atoms with E-state index in [9.17, 15) is 19.5 Å². The molecule has 152 valence electrons. The van der Waals surface area contributed by atoms with Crippen LogP contribution in [-0.2, 0) is 11.8 Å². The van der Waals surface area contributed by atoms with Crippen LogP contribution in [0.5, 0.6) is 11.5 Å². The van der Waals surface area contributed by atoms with Crippen molar-refractivity contribution in [2.75, 3.05) is 14.2 Å². The van der Waals surface area contributed by atoms with E-state index in [1.54, 1.807) is 43.4 Å². The summed E-state index contributed by atoms with van der Waals surface area (Å²) in [4.78, 5) is 38.6. The lowest BCUT2D eigenvalue weighted by atomic mass is 10.0. The van der Waals surface area contributed by atoms with E-state index in [-0.39, 0.29) is 12.1 Å². The molecule has 0 saturated heterocycles. The molecule has 0 aliphatic rings. The number of aryl methyl sites for hydroxylation is 1. The van der Waals surface area contributed by atoms with Crippen molar-refractivity contribution >= 4 is 22.9 Å². The van der Waals surface area contributed by atoms with Gasteiger partial charge in [0.1, 0.15) is 11.5 Å². The molecule has 29 heavy (non-hydrogen) atoms. The lowest BCUT2D eigenvalue weighted by Crippen LogP contribution is -2.30. The molecule has 1 unspecified atom stereocenters.